The topological polar surface area (TPSA) is 96.2 Å². The maximum absolute atomic E-state index is 12.2. The van der Waals surface area contributed by atoms with Gasteiger partial charge in [-0.25, -0.2) is 9.97 Å². The van der Waals surface area contributed by atoms with Gasteiger partial charge in [0.1, 0.15) is 12.0 Å². The van der Waals surface area contributed by atoms with E-state index >= 15 is 0 Å². The van der Waals surface area contributed by atoms with Gasteiger partial charge in [0, 0.05) is 12.6 Å². The molecule has 1 aromatic heterocycles. The molecule has 2 aromatic rings. The van der Waals surface area contributed by atoms with Gasteiger partial charge in [-0.2, -0.15) is 0 Å². The van der Waals surface area contributed by atoms with Crippen LogP contribution < -0.4 is 21.5 Å². The molecule has 8 heteroatoms. The molecule has 0 aliphatic carbocycles. The zero-order valence-electron chi connectivity index (χ0n) is 14.0. The predicted molar refractivity (Wildman–Crippen MR) is 99.6 cm³/mol. The highest BCUT2D eigenvalue weighted by Gasteiger charge is 2.23. The predicted octanol–water partition coefficient (Wildman–Crippen LogP) is 2.85. The molecule has 1 saturated heterocycles. The molecule has 1 aliphatic rings. The first-order chi connectivity index (χ1) is 12.1. The number of nitrogens with one attached hydrogen (secondary N) is 2. The zero-order chi connectivity index (χ0) is 17.8. The third-order valence-electron chi connectivity index (χ3n) is 4.35. The van der Waals surface area contributed by atoms with Crippen LogP contribution in [0.2, 0.25) is 5.02 Å². The molecule has 1 aromatic carbocycles. The van der Waals surface area contributed by atoms with Crippen molar-refractivity contribution in [1.29, 1.82) is 0 Å². The van der Waals surface area contributed by atoms with Gasteiger partial charge in [-0.05, 0) is 38.3 Å². The number of nitrogens with two attached hydrogens (primary N) is 1. The molecule has 0 radical (unpaired) electrons. The molecule has 132 valence electrons. The Bertz CT molecular complexity index is 769. The third kappa shape index (κ3) is 3.76. The molecule has 25 heavy (non-hydrogen) atoms. The van der Waals surface area contributed by atoms with Crippen LogP contribution in [-0.2, 0) is 0 Å². The van der Waals surface area contributed by atoms with Crippen molar-refractivity contribution in [3.8, 4) is 0 Å². The van der Waals surface area contributed by atoms with E-state index in [4.69, 9.17) is 17.3 Å². The van der Waals surface area contributed by atoms with Crippen molar-refractivity contribution >= 4 is 34.8 Å². The summed E-state index contributed by atoms with van der Waals surface area (Å²) in [5.74, 6) is 0.691. The number of nitrogen functional groups attached to an aromatic ring is 1. The van der Waals surface area contributed by atoms with E-state index in [1.54, 1.807) is 24.3 Å². The number of hydrogen-bond donors (Lipinski definition) is 3. The maximum atomic E-state index is 12.2. The van der Waals surface area contributed by atoms with Crippen LogP contribution in [0, 0.1) is 0 Å². The summed E-state index contributed by atoms with van der Waals surface area (Å²) in [6, 6.07) is 7.18. The van der Waals surface area contributed by atoms with Crippen LogP contribution in [-0.4, -0.2) is 28.5 Å². The number of aromatic nitrogens is 2. The molecule has 0 spiro atoms. The zero-order valence-corrected chi connectivity index (χ0v) is 14.8. The lowest BCUT2D eigenvalue weighted by Crippen LogP contribution is -2.39. The van der Waals surface area contributed by atoms with Crippen LogP contribution in [0.5, 0.6) is 0 Å². The summed E-state index contributed by atoms with van der Waals surface area (Å²) in [6.07, 6.45) is 4.87. The Labute approximate surface area is 151 Å². The highest BCUT2D eigenvalue weighted by molar-refractivity contribution is 6.33. The fraction of sp³-hybridized carbons (Fsp3) is 0.353. The lowest BCUT2D eigenvalue weighted by molar-refractivity contribution is 0.0962. The van der Waals surface area contributed by atoms with Crippen molar-refractivity contribution in [1.82, 2.24) is 15.4 Å². The van der Waals surface area contributed by atoms with E-state index in [0.29, 0.717) is 34.0 Å². The average molecular weight is 361 g/mol. The SMILES string of the molecule is CC1CCCCN1c1ncnc(NNC(=O)c2ccccc2Cl)c1N. The summed E-state index contributed by atoms with van der Waals surface area (Å²) in [6.45, 7) is 3.07. The Kier molecular flexibility index (Phi) is 5.23. The van der Waals surface area contributed by atoms with E-state index in [1.807, 2.05) is 0 Å². The molecule has 4 N–H and O–H groups in total. The maximum Gasteiger partial charge on any atom is 0.271 e. The van der Waals surface area contributed by atoms with Crippen molar-refractivity contribution < 1.29 is 4.79 Å². The minimum atomic E-state index is -0.364. The summed E-state index contributed by atoms with van der Waals surface area (Å²) in [4.78, 5) is 22.9. The van der Waals surface area contributed by atoms with Crippen molar-refractivity contribution in [2.75, 3.05) is 22.6 Å². The molecule has 1 amide bonds. The fourth-order valence-electron chi connectivity index (χ4n) is 2.96. The van der Waals surface area contributed by atoms with Gasteiger partial charge < -0.3 is 10.6 Å². The Morgan fingerprint density at radius 2 is 2.12 bits per heavy atom. The van der Waals surface area contributed by atoms with Crippen LogP contribution in [0.1, 0.15) is 36.5 Å². The number of rotatable bonds is 4. The van der Waals surface area contributed by atoms with Crippen LogP contribution in [0.25, 0.3) is 0 Å². The van der Waals surface area contributed by atoms with Gasteiger partial charge in [0.2, 0.25) is 0 Å². The van der Waals surface area contributed by atoms with Crippen molar-refractivity contribution in [2.45, 2.75) is 32.2 Å². The lowest BCUT2D eigenvalue weighted by atomic mass is 10.0. The van der Waals surface area contributed by atoms with E-state index in [-0.39, 0.29) is 5.91 Å². The molecule has 0 saturated carbocycles. The molecule has 0 bridgehead atoms. The largest absolute Gasteiger partial charge is 0.393 e. The van der Waals surface area contributed by atoms with E-state index in [0.717, 1.165) is 19.4 Å². The summed E-state index contributed by atoms with van der Waals surface area (Å²) in [5.41, 5.74) is 12.4. The number of hydrogen-bond acceptors (Lipinski definition) is 6. The molecular formula is C17H21ClN6O. The monoisotopic (exact) mass is 360 g/mol. The van der Waals surface area contributed by atoms with Crippen LogP contribution in [0.15, 0.2) is 30.6 Å². The van der Waals surface area contributed by atoms with Crippen LogP contribution >= 0.6 is 11.6 Å². The second kappa shape index (κ2) is 7.57. The van der Waals surface area contributed by atoms with Crippen molar-refractivity contribution in [2.24, 2.45) is 0 Å². The number of anilines is 3. The third-order valence-corrected chi connectivity index (χ3v) is 4.68. The number of benzene rings is 1. The molecular weight excluding hydrogens is 340 g/mol. The minimum Gasteiger partial charge on any atom is -0.393 e. The Morgan fingerprint density at radius 3 is 2.88 bits per heavy atom. The molecule has 1 aliphatic heterocycles. The number of piperidine rings is 1. The number of carbonyl (C=O) groups excluding carboxylic acids is 1. The van der Waals surface area contributed by atoms with Gasteiger partial charge in [-0.15, -0.1) is 0 Å². The van der Waals surface area contributed by atoms with Crippen molar-refractivity contribution in [3.05, 3.63) is 41.2 Å². The van der Waals surface area contributed by atoms with Crippen LogP contribution in [0.4, 0.5) is 17.3 Å². The minimum absolute atomic E-state index is 0.364. The van der Waals surface area contributed by atoms with Gasteiger partial charge >= 0.3 is 0 Å². The first-order valence-corrected chi connectivity index (χ1v) is 8.63. The summed E-state index contributed by atoms with van der Waals surface area (Å²) in [5, 5.41) is 0.375. The Morgan fingerprint density at radius 1 is 1.32 bits per heavy atom. The normalized spacial score (nSPS) is 17.2. The van der Waals surface area contributed by atoms with Gasteiger partial charge in [0.25, 0.3) is 5.91 Å². The van der Waals surface area contributed by atoms with E-state index < -0.39 is 0 Å². The Balaban J connectivity index is 1.74. The quantitative estimate of drug-likeness (QED) is 0.725. The number of carbonyl (C=O) groups is 1. The highest BCUT2D eigenvalue weighted by atomic mass is 35.5. The molecule has 1 unspecified atom stereocenters. The number of hydrazine groups is 1. The molecule has 1 fully saturated rings. The summed E-state index contributed by atoms with van der Waals surface area (Å²) in [7, 11) is 0. The van der Waals surface area contributed by atoms with Gasteiger partial charge in [-0.3, -0.25) is 15.6 Å². The fourth-order valence-corrected chi connectivity index (χ4v) is 3.18. The second-order valence-electron chi connectivity index (χ2n) is 6.06. The number of halogens is 1. The lowest BCUT2D eigenvalue weighted by Gasteiger charge is -2.35. The molecule has 3 rings (SSSR count). The highest BCUT2D eigenvalue weighted by Crippen LogP contribution is 2.30. The molecule has 2 heterocycles. The van der Waals surface area contributed by atoms with Gasteiger partial charge in [-0.1, -0.05) is 23.7 Å². The van der Waals surface area contributed by atoms with E-state index in [2.05, 4.69) is 32.6 Å². The van der Waals surface area contributed by atoms with Gasteiger partial charge in [0.05, 0.1) is 10.6 Å². The first-order valence-electron chi connectivity index (χ1n) is 8.26. The number of amides is 1. The van der Waals surface area contributed by atoms with Crippen LogP contribution in [0.3, 0.4) is 0 Å². The van der Waals surface area contributed by atoms with E-state index in [9.17, 15) is 4.79 Å². The first kappa shape index (κ1) is 17.3. The number of nitrogens with zero attached hydrogens (tertiary/aromatic N) is 3. The van der Waals surface area contributed by atoms with Crippen molar-refractivity contribution in [3.63, 3.8) is 0 Å². The standard InChI is InChI=1S/C17H21ClN6O/c1-11-6-4-5-9-24(11)16-14(19)15(20-10-21-16)22-23-17(25)12-7-2-3-8-13(12)18/h2-3,7-8,10-11H,4-6,9,19H2,1H3,(H,23,25)(H,20,21,22). The smallest absolute Gasteiger partial charge is 0.271 e. The summed E-state index contributed by atoms with van der Waals surface area (Å²) < 4.78 is 0. The second-order valence-corrected chi connectivity index (χ2v) is 6.46. The molecule has 1 atom stereocenters. The van der Waals surface area contributed by atoms with E-state index in [1.165, 1.54) is 12.7 Å². The Hall–Kier alpha value is -2.54. The summed E-state index contributed by atoms with van der Waals surface area (Å²) >= 11 is 6.03. The molecule has 7 nitrogen and oxygen atoms in total. The average Bonchev–Trinajstić information content (AvgIpc) is 2.62. The van der Waals surface area contributed by atoms with Gasteiger partial charge in [0.15, 0.2) is 11.6 Å².